The first kappa shape index (κ1) is 83.1. The zero-order valence-electron chi connectivity index (χ0n) is 57.2. The van der Waals surface area contributed by atoms with Crippen LogP contribution in [0.4, 0.5) is 0 Å². The van der Waals surface area contributed by atoms with Crippen molar-refractivity contribution in [2.24, 2.45) is 0 Å². The van der Waals surface area contributed by atoms with Gasteiger partial charge in [0.25, 0.3) is 0 Å². The van der Waals surface area contributed by atoms with Crippen LogP contribution in [0.15, 0.2) is 97.2 Å². The summed E-state index contributed by atoms with van der Waals surface area (Å²) in [5, 5.41) is 55.0. The van der Waals surface area contributed by atoms with Gasteiger partial charge < -0.3 is 40.3 Å². The van der Waals surface area contributed by atoms with Crippen LogP contribution in [0.2, 0.25) is 0 Å². The number of allylic oxidation sites excluding steroid dienone is 16. The molecule has 1 amide bonds. The summed E-state index contributed by atoms with van der Waals surface area (Å²) >= 11 is 0. The number of amides is 1. The molecule has 9 nitrogen and oxygen atoms in total. The van der Waals surface area contributed by atoms with Gasteiger partial charge >= 0.3 is 0 Å². The molecule has 0 aliphatic carbocycles. The van der Waals surface area contributed by atoms with Gasteiger partial charge in [0, 0.05) is 6.42 Å². The Hall–Kier alpha value is -2.89. The molecule has 0 aromatic carbocycles. The predicted molar refractivity (Wildman–Crippen MR) is 378 cm³/mol. The molecule has 0 bridgehead atoms. The summed E-state index contributed by atoms with van der Waals surface area (Å²) in [5.41, 5.74) is 0. The fourth-order valence-electron chi connectivity index (χ4n) is 11.7. The van der Waals surface area contributed by atoms with E-state index in [-0.39, 0.29) is 12.5 Å². The number of hydrogen-bond acceptors (Lipinski definition) is 8. The van der Waals surface area contributed by atoms with E-state index in [4.69, 9.17) is 9.47 Å². The average Bonchev–Trinajstić information content (AvgIpc) is 3.29. The van der Waals surface area contributed by atoms with Gasteiger partial charge in [0.2, 0.25) is 5.91 Å². The van der Waals surface area contributed by atoms with Gasteiger partial charge in [-0.25, -0.2) is 0 Å². The number of aliphatic hydroxyl groups is 5. The van der Waals surface area contributed by atoms with Gasteiger partial charge in [-0.15, -0.1) is 0 Å². The molecule has 0 radical (unpaired) electrons. The maximum Gasteiger partial charge on any atom is 0.220 e. The molecule has 1 rings (SSSR count). The fraction of sp³-hybridized carbons (Fsp3) is 0.785. The number of carbonyl (C=O) groups is 1. The van der Waals surface area contributed by atoms with Crippen LogP contribution >= 0.6 is 0 Å². The lowest BCUT2D eigenvalue weighted by Crippen LogP contribution is -2.60. The van der Waals surface area contributed by atoms with Crippen LogP contribution in [0.25, 0.3) is 0 Å². The van der Waals surface area contributed by atoms with Gasteiger partial charge in [0.1, 0.15) is 24.4 Å². The Morgan fingerprint density at radius 2 is 0.705 bits per heavy atom. The largest absolute Gasteiger partial charge is 0.394 e. The lowest BCUT2D eigenvalue weighted by molar-refractivity contribution is -0.302. The van der Waals surface area contributed by atoms with Gasteiger partial charge in [-0.3, -0.25) is 4.79 Å². The van der Waals surface area contributed by atoms with Crippen molar-refractivity contribution >= 4 is 5.91 Å². The highest BCUT2D eigenvalue weighted by Crippen LogP contribution is 2.24. The molecular weight excluding hydrogens is 1090 g/mol. The van der Waals surface area contributed by atoms with Crippen molar-refractivity contribution < 1.29 is 39.8 Å². The summed E-state index contributed by atoms with van der Waals surface area (Å²) in [6.07, 6.45) is 90.5. The Balaban J connectivity index is 2.11. The van der Waals surface area contributed by atoms with Crippen molar-refractivity contribution in [3.63, 3.8) is 0 Å². The van der Waals surface area contributed by atoms with E-state index < -0.39 is 49.5 Å². The van der Waals surface area contributed by atoms with Crippen molar-refractivity contribution in [2.45, 2.75) is 384 Å². The zero-order chi connectivity index (χ0) is 63.5. The molecule has 6 N–H and O–H groups in total. The van der Waals surface area contributed by atoms with Gasteiger partial charge in [0.15, 0.2) is 6.29 Å². The van der Waals surface area contributed by atoms with E-state index in [9.17, 15) is 30.3 Å². The number of unbranched alkanes of at least 4 members (excludes halogenated alkanes) is 39. The predicted octanol–water partition coefficient (Wildman–Crippen LogP) is 21.0. The number of aliphatic hydroxyl groups excluding tert-OH is 5. The van der Waals surface area contributed by atoms with Gasteiger partial charge in [-0.1, -0.05) is 355 Å². The van der Waals surface area contributed by atoms with Crippen molar-refractivity contribution in [2.75, 3.05) is 13.2 Å². The second-order valence-electron chi connectivity index (χ2n) is 25.7. The zero-order valence-corrected chi connectivity index (χ0v) is 57.2. The molecule has 1 fully saturated rings. The van der Waals surface area contributed by atoms with Crippen LogP contribution < -0.4 is 5.32 Å². The number of ether oxygens (including phenoxy) is 2. The summed E-state index contributed by atoms with van der Waals surface area (Å²) in [5.74, 6) is -0.145. The second kappa shape index (κ2) is 67.0. The smallest absolute Gasteiger partial charge is 0.220 e. The van der Waals surface area contributed by atoms with Crippen LogP contribution in [0.1, 0.15) is 341 Å². The molecule has 1 aliphatic rings. The maximum absolute atomic E-state index is 13.2. The highest BCUT2D eigenvalue weighted by Gasteiger charge is 2.44. The molecule has 7 unspecified atom stereocenters. The first-order valence-corrected chi connectivity index (χ1v) is 37.4. The van der Waals surface area contributed by atoms with Crippen LogP contribution in [0.5, 0.6) is 0 Å². The first-order chi connectivity index (χ1) is 43.3. The van der Waals surface area contributed by atoms with Crippen molar-refractivity contribution in [3.8, 4) is 0 Å². The first-order valence-electron chi connectivity index (χ1n) is 37.4. The minimum atomic E-state index is -1.56. The van der Waals surface area contributed by atoms with Crippen molar-refractivity contribution in [1.82, 2.24) is 5.32 Å². The minimum Gasteiger partial charge on any atom is -0.394 e. The third-order valence-electron chi connectivity index (χ3n) is 17.5. The SMILES string of the molecule is CC/C=C\C/C=C\C/C=C\C/C=C\C/C=C\C/C=C\C/C=C\C/C=C\CCCCCCCCCCCCCCC(=O)NC(COC1OC(CO)C(O)C(O)C1O)C(O)CCCCCCCCCCCCCCCCCCCCCCCCCCCCCC. The topological polar surface area (TPSA) is 149 Å². The number of rotatable bonds is 65. The molecular formula is C79H141NO8. The average molecular weight is 1230 g/mol. The number of carbonyl (C=O) groups excluding carboxylic acids is 1. The summed E-state index contributed by atoms with van der Waals surface area (Å²) < 4.78 is 11.4. The normalized spacial score (nSPS) is 18.5. The van der Waals surface area contributed by atoms with E-state index in [1.54, 1.807) is 0 Å². The Morgan fingerprint density at radius 1 is 0.398 bits per heavy atom. The standard InChI is InChI=1S/C79H141NO8/c1-3-5-7-9-11-13-15-17-19-21-23-25-27-29-31-33-34-35-36-37-38-39-40-41-43-45-47-49-51-53-55-57-59-61-63-65-67-69-75(83)80-72(71-87-79-78(86)77(85)76(84)74(70-81)88-79)73(82)68-66-64-62-60-58-56-54-52-50-48-46-44-42-32-30-28-26-24-22-20-18-16-14-12-10-8-6-4-2/h5,7,11,13,17,19,23,25,29,31,34-35,37-38,40-41,72-74,76-79,81-82,84-86H,3-4,6,8-10,12,14-16,18,20-22,24,26-28,30,32-33,36,39,42-71H2,1-2H3,(H,80,83)/b7-5-,13-11-,19-17-,25-23-,31-29-,35-34-,38-37-,41-40-. The van der Waals surface area contributed by atoms with Crippen LogP contribution in [-0.4, -0.2) is 87.5 Å². The molecule has 7 atom stereocenters. The summed E-state index contributed by atoms with van der Waals surface area (Å²) in [4.78, 5) is 13.2. The molecule has 9 heteroatoms. The summed E-state index contributed by atoms with van der Waals surface area (Å²) in [6.45, 7) is 3.76. The van der Waals surface area contributed by atoms with Crippen molar-refractivity contribution in [1.29, 1.82) is 0 Å². The molecule has 0 aromatic heterocycles. The summed E-state index contributed by atoms with van der Waals surface area (Å²) in [7, 11) is 0. The van der Waals surface area contributed by atoms with Crippen LogP contribution in [-0.2, 0) is 14.3 Å². The lowest BCUT2D eigenvalue weighted by atomic mass is 9.99. The molecule has 1 heterocycles. The Labute approximate surface area is 543 Å². The van der Waals surface area contributed by atoms with Gasteiger partial charge in [-0.05, 0) is 77.0 Å². The molecule has 1 aliphatic heterocycles. The molecule has 88 heavy (non-hydrogen) atoms. The minimum absolute atomic E-state index is 0.141. The third-order valence-corrected chi connectivity index (χ3v) is 17.5. The van der Waals surface area contributed by atoms with Crippen LogP contribution in [0, 0.1) is 0 Å². The van der Waals surface area contributed by atoms with Gasteiger partial charge in [-0.2, -0.15) is 0 Å². The fourth-order valence-corrected chi connectivity index (χ4v) is 11.7. The molecule has 1 saturated heterocycles. The third kappa shape index (κ3) is 54.8. The Bertz CT molecular complexity index is 1720. The van der Waals surface area contributed by atoms with E-state index in [0.29, 0.717) is 12.8 Å². The van der Waals surface area contributed by atoms with E-state index >= 15 is 0 Å². The highest BCUT2D eigenvalue weighted by molar-refractivity contribution is 5.76. The van der Waals surface area contributed by atoms with Crippen molar-refractivity contribution in [3.05, 3.63) is 97.2 Å². The highest BCUT2D eigenvalue weighted by atomic mass is 16.7. The van der Waals surface area contributed by atoms with E-state index in [0.717, 1.165) is 89.9 Å². The van der Waals surface area contributed by atoms with Gasteiger partial charge in [0.05, 0.1) is 25.4 Å². The molecule has 510 valence electrons. The molecule has 0 aromatic rings. The quantitative estimate of drug-likeness (QED) is 0.0261. The van der Waals surface area contributed by atoms with E-state index in [1.165, 1.54) is 225 Å². The molecule has 0 spiro atoms. The number of hydrogen-bond donors (Lipinski definition) is 6. The Kier molecular flexibility index (Phi) is 63.3. The second-order valence-corrected chi connectivity index (χ2v) is 25.7. The monoisotopic (exact) mass is 1230 g/mol. The molecule has 0 saturated carbocycles. The Morgan fingerprint density at radius 3 is 1.05 bits per heavy atom. The maximum atomic E-state index is 13.2. The lowest BCUT2D eigenvalue weighted by Gasteiger charge is -2.40. The van der Waals surface area contributed by atoms with E-state index in [2.05, 4.69) is 116 Å². The summed E-state index contributed by atoms with van der Waals surface area (Å²) in [6, 6.07) is -0.728. The van der Waals surface area contributed by atoms with E-state index in [1.807, 2.05) is 0 Å². The number of nitrogens with one attached hydrogen (secondary N) is 1. The van der Waals surface area contributed by atoms with Crippen LogP contribution in [0.3, 0.4) is 0 Å².